The minimum absolute atomic E-state index is 0.00907. The molecule has 0 fully saturated rings. The number of aromatic nitrogens is 10. The second-order valence-corrected chi connectivity index (χ2v) is 41.2. The van der Waals surface area contributed by atoms with Crippen LogP contribution in [0.4, 0.5) is 33.2 Å². The molecule has 784 valence electrons. The van der Waals surface area contributed by atoms with E-state index in [1.807, 2.05) is 148 Å². The van der Waals surface area contributed by atoms with Crippen molar-refractivity contribution in [2.75, 3.05) is 33.3 Å². The molecule has 0 radical (unpaired) electrons. The fraction of sp³-hybridized carbons (Fsp3) is 0.365. The van der Waals surface area contributed by atoms with Crippen molar-refractivity contribution in [3.8, 4) is 86.1 Å². The molecule has 0 aliphatic carbocycles. The van der Waals surface area contributed by atoms with Crippen LogP contribution in [-0.2, 0) is 43.1 Å². The monoisotopic (exact) mass is 2110 g/mol. The number of unbranched alkanes of at least 4 members (excludes halogenated alkanes) is 10. The molecule has 6 heterocycles. The van der Waals surface area contributed by atoms with Crippen LogP contribution in [0, 0.1) is 69.3 Å². The number of aryl methyl sites for hydroxylation is 4. The van der Waals surface area contributed by atoms with Crippen LogP contribution < -0.4 is 42.1 Å². The summed E-state index contributed by atoms with van der Waals surface area (Å²) in [6.45, 7) is 34.0. The molecule has 0 bridgehead atoms. The van der Waals surface area contributed by atoms with E-state index in [2.05, 4.69) is 111 Å². The summed E-state index contributed by atoms with van der Waals surface area (Å²) in [6.07, 6.45) is 25.6. The van der Waals surface area contributed by atoms with Gasteiger partial charge in [0, 0.05) is 28.6 Å². The van der Waals surface area contributed by atoms with Gasteiger partial charge in [0.1, 0.15) is 51.5 Å². The van der Waals surface area contributed by atoms with Gasteiger partial charge in [-0.3, -0.25) is 24.7 Å². The normalized spacial score (nSPS) is 12.7. The molecule has 0 spiro atoms. The molecule has 149 heavy (non-hydrogen) atoms. The zero-order chi connectivity index (χ0) is 106. The molecule has 15 aromatic rings. The molecule has 9 aromatic carbocycles. The van der Waals surface area contributed by atoms with E-state index in [4.69, 9.17) is 66.3 Å². The zero-order valence-corrected chi connectivity index (χ0v) is 90.6. The molecule has 0 saturated carbocycles. The van der Waals surface area contributed by atoms with Crippen molar-refractivity contribution in [3.05, 3.63) is 279 Å². The van der Waals surface area contributed by atoms with Gasteiger partial charge in [-0.15, -0.1) is 9.73 Å². The number of nitrogens with zero attached hydrogens (tertiary/aromatic N) is 9. The number of carbonyl (C=O) groups excluding carboxylic acids is 3. The Morgan fingerprint density at radius 1 is 0.503 bits per heavy atom. The largest absolute Gasteiger partial charge is 0.493 e. The van der Waals surface area contributed by atoms with Crippen LogP contribution >= 0.6 is 23.2 Å². The number of anilines is 4. The maximum absolute atomic E-state index is 14.7. The van der Waals surface area contributed by atoms with Crippen LogP contribution in [0.25, 0.3) is 67.1 Å². The van der Waals surface area contributed by atoms with Crippen molar-refractivity contribution < 1.29 is 58.5 Å². The second-order valence-electron chi connectivity index (χ2n) is 37.7. The lowest BCUT2D eigenvalue weighted by Crippen LogP contribution is -2.22. The summed E-state index contributed by atoms with van der Waals surface area (Å²) in [7, 11) is 0. The van der Waals surface area contributed by atoms with Gasteiger partial charge in [0.05, 0.1) is 52.2 Å². The summed E-state index contributed by atoms with van der Waals surface area (Å²) in [5.74, 6) is 4.54. The molecule has 6 aromatic heterocycles. The van der Waals surface area contributed by atoms with Gasteiger partial charge in [-0.05, 0) is 203 Å². The molecule has 29 nitrogen and oxygen atoms in total. The van der Waals surface area contributed by atoms with Crippen LogP contribution in [0.15, 0.2) is 223 Å². The van der Waals surface area contributed by atoms with Gasteiger partial charge in [-0.25, -0.2) is 47.4 Å². The minimum atomic E-state index is -2.03. The van der Waals surface area contributed by atoms with Crippen LogP contribution in [-0.4, -0.2) is 98.9 Å². The maximum Gasteiger partial charge on any atom is 0.343 e. The van der Waals surface area contributed by atoms with Gasteiger partial charge in [-0.2, -0.15) is 13.7 Å². The first-order valence-electron chi connectivity index (χ1n) is 51.5. The second kappa shape index (κ2) is 56.4. The number of amides is 2. The number of halogens is 2. The molecule has 7 atom stereocenters. The lowest BCUT2D eigenvalue weighted by Gasteiger charge is -2.22. The van der Waals surface area contributed by atoms with E-state index in [1.54, 1.807) is 109 Å². The Morgan fingerprint density at radius 3 is 1.76 bits per heavy atom. The molecule has 0 saturated heterocycles. The first-order valence-corrected chi connectivity index (χ1v) is 55.5. The quantitative estimate of drug-likeness (QED) is 0.0106. The summed E-state index contributed by atoms with van der Waals surface area (Å²) in [5, 5.41) is 29.4. The van der Waals surface area contributed by atoms with Gasteiger partial charge in [0.15, 0.2) is 40.0 Å². The highest BCUT2D eigenvalue weighted by atomic mass is 35.5. The molecular formula is C115H134Cl2N16O13S3. The Labute approximate surface area is 890 Å². The fourth-order valence-corrected chi connectivity index (χ4v) is 20.0. The molecule has 34 heteroatoms. The summed E-state index contributed by atoms with van der Waals surface area (Å²) >= 11 is 7.25. The van der Waals surface area contributed by atoms with Crippen LogP contribution in [0.5, 0.6) is 34.8 Å². The highest BCUT2D eigenvalue weighted by molar-refractivity contribution is 7.82. The Bertz CT molecular complexity index is 7130. The molecular weight excluding hydrogens is 1980 g/mol. The van der Waals surface area contributed by atoms with Gasteiger partial charge < -0.3 is 42.1 Å². The first kappa shape index (κ1) is 112. The molecule has 0 aliphatic heterocycles. The van der Waals surface area contributed by atoms with Crippen molar-refractivity contribution in [1.29, 1.82) is 5.26 Å². The summed E-state index contributed by atoms with van der Waals surface area (Å²) in [6, 6.07) is 67.7. The van der Waals surface area contributed by atoms with E-state index >= 15 is 0 Å². The highest BCUT2D eigenvalue weighted by Gasteiger charge is 2.35. The van der Waals surface area contributed by atoms with Gasteiger partial charge in [0.25, 0.3) is 5.88 Å². The van der Waals surface area contributed by atoms with Crippen molar-refractivity contribution in [2.24, 2.45) is 23.7 Å². The number of aromatic amines is 3. The van der Waals surface area contributed by atoms with Crippen LogP contribution in [0.1, 0.15) is 252 Å². The van der Waals surface area contributed by atoms with Crippen molar-refractivity contribution >= 4 is 120 Å². The standard InChI is InChI=1S/C46H61N3O4.C44H55ClN6O6S2.C25H18ClN7O3S/c1-7-11-21-34(9-3)29-30-38(31-33(5)6)53-46(50)42-41(36-23-15-13-16-24-36)45(52-37-25-17-14-18-26-37)49-44(42)47-43(48-49)39-27-19-20-28-40(39)51-32-35(10-4)22-12-8-2;1-7-9-11-13-14-16-19-33(18-15-12-10-8-2)29-55-44(52)39-40(46-6)41(45)51-43(39)47-42(48-51)34-20-17-21-35(27-34)49-58(53)57-38-28-36(25-24-32(38)5)50-59(54)56-37-26-30(3)22-23-31(37)4;1-15-7-5-6-10-21(15)29-25(34)28-16-11-12-20(26)18(13-16)22-30-23-19(14-27)24(32-33(23)31-22)36-37(35)17-8-3-2-4-9-17/h13-20,23-28,33-35,38H,7-12,21-22,29-32H2,1-6H3,(H,47,48);17,20-28,33,49-50H,7-16,18-19,29H2,1-5H3,(H,47,48);2-13H,1H3,(H,30,31)(H2,28,29,34). The fourth-order valence-electron chi connectivity index (χ4n) is 17.4. The lowest BCUT2D eigenvalue weighted by molar-refractivity contribution is 0.0216. The summed E-state index contributed by atoms with van der Waals surface area (Å²) < 4.78 is 91.0. The van der Waals surface area contributed by atoms with E-state index in [1.165, 1.54) is 79.8 Å². The van der Waals surface area contributed by atoms with E-state index in [0.717, 1.165) is 111 Å². The Morgan fingerprint density at radius 2 is 1.08 bits per heavy atom. The van der Waals surface area contributed by atoms with Crippen LogP contribution in [0.3, 0.4) is 0 Å². The van der Waals surface area contributed by atoms with Crippen molar-refractivity contribution in [1.82, 2.24) is 49.0 Å². The highest BCUT2D eigenvalue weighted by Crippen LogP contribution is 2.45. The van der Waals surface area contributed by atoms with Gasteiger partial charge in [0.2, 0.25) is 22.6 Å². The Balaban J connectivity index is 0.000000191. The number of hydrogen-bond donors (Lipinski definition) is 7. The van der Waals surface area contributed by atoms with Gasteiger partial charge >= 0.3 is 40.5 Å². The Kier molecular flexibility index (Phi) is 42.4. The van der Waals surface area contributed by atoms with Crippen molar-refractivity contribution in [2.45, 2.75) is 242 Å². The third-order valence-corrected chi connectivity index (χ3v) is 28.9. The average Bonchev–Trinajstić information content (AvgIpc) is 1.59. The predicted octanol–water partition coefficient (Wildman–Crippen LogP) is 30.3. The van der Waals surface area contributed by atoms with Gasteiger partial charge in [-0.1, -0.05) is 315 Å². The number of fused-ring (bicyclic) bond motifs is 3. The van der Waals surface area contributed by atoms with E-state index in [0.29, 0.717) is 131 Å². The number of carbonyl (C=O) groups is 3. The zero-order valence-electron chi connectivity index (χ0n) is 86.7. The molecule has 7 unspecified atom stereocenters. The van der Waals surface area contributed by atoms with E-state index < -0.39 is 45.6 Å². The smallest absolute Gasteiger partial charge is 0.343 e. The number of urea groups is 1. The SMILES string of the molecule is CCCCC(CC)CCC(CC(C)C)OC(=O)c1c(-c2ccccc2)c(Oc2ccccc2)n2[nH]c(-c3ccccc3OCC(CC)CCCC)nc12.Cc1ccccc1NC(=O)Nc1ccc(Cl)c(-c2nc3c(C#N)c(OS(=O)c4ccccc4)nn3[nH]2)c1.[C-]#[N+]c1c(C(=O)OCC(CCCCCC)CCCCCCCC)c2nc(-c3cccc(NS(=O)Oc4cc(NS(=O)Oc5cc(C)ccc5C)ccc4C)c3)[nH]n2c1Cl. The topological polar surface area (TPSA) is 355 Å². The molecule has 7 N–H and O–H groups in total. The summed E-state index contributed by atoms with van der Waals surface area (Å²) in [5.41, 5.74) is 10.1. The number of para-hydroxylation sites is 3. The Hall–Kier alpha value is -14.0. The number of nitriles is 1. The number of ether oxygens (including phenoxy) is 4. The van der Waals surface area contributed by atoms with Crippen LogP contribution in [0.2, 0.25) is 10.2 Å². The number of nitrogens with one attached hydrogen (secondary N) is 7. The molecule has 0 aliphatic rings. The molecule has 2 amide bonds. The number of rotatable bonds is 52. The third kappa shape index (κ3) is 31.1. The predicted molar refractivity (Wildman–Crippen MR) is 595 cm³/mol. The van der Waals surface area contributed by atoms with E-state index in [9.17, 15) is 32.3 Å². The number of H-pyrrole nitrogens is 3. The molecule has 15 rings (SSSR count). The van der Waals surface area contributed by atoms with E-state index in [-0.39, 0.29) is 63.7 Å². The van der Waals surface area contributed by atoms with Crippen molar-refractivity contribution in [3.63, 3.8) is 0 Å². The number of esters is 2. The summed E-state index contributed by atoms with van der Waals surface area (Å²) in [4.78, 5) is 59.2. The minimum Gasteiger partial charge on any atom is -0.493 e. The first-order chi connectivity index (χ1) is 72.3. The average molecular weight is 2120 g/mol. The third-order valence-electron chi connectivity index (χ3n) is 25.8. The number of benzene rings is 9. The maximum atomic E-state index is 14.7. The lowest BCUT2D eigenvalue weighted by atomic mass is 9.91. The number of hydrogen-bond acceptors (Lipinski definition) is 18.